The highest BCUT2D eigenvalue weighted by Gasteiger charge is 2.26. The van der Waals surface area contributed by atoms with E-state index in [4.69, 9.17) is 0 Å². The van der Waals surface area contributed by atoms with E-state index in [1.54, 1.807) is 0 Å². The molecule has 1 fully saturated rings. The molecule has 3 rings (SSSR count). The highest BCUT2D eigenvalue weighted by atomic mass is 32.1. The second-order valence-electron chi connectivity index (χ2n) is 4.51. The third kappa shape index (κ3) is 2.04. The van der Waals surface area contributed by atoms with Crippen molar-refractivity contribution >= 4 is 16.7 Å². The summed E-state index contributed by atoms with van der Waals surface area (Å²) in [6, 6.07) is 0.466. The summed E-state index contributed by atoms with van der Waals surface area (Å²) in [5.41, 5.74) is 1.22. The van der Waals surface area contributed by atoms with Crippen molar-refractivity contribution in [2.75, 3.05) is 18.0 Å². The molecule has 1 saturated heterocycles. The van der Waals surface area contributed by atoms with Crippen LogP contribution in [0.5, 0.6) is 0 Å². The van der Waals surface area contributed by atoms with E-state index in [-0.39, 0.29) is 0 Å². The lowest BCUT2D eigenvalue weighted by Crippen LogP contribution is -2.20. The molecule has 0 saturated carbocycles. The zero-order chi connectivity index (χ0) is 11.8. The van der Waals surface area contributed by atoms with Crippen molar-refractivity contribution in [1.29, 1.82) is 0 Å². The molecule has 0 spiro atoms. The number of nitrogens with zero attached hydrogens (tertiary/aromatic N) is 5. The van der Waals surface area contributed by atoms with Crippen LogP contribution in [0.1, 0.15) is 23.9 Å². The molecule has 1 atom stereocenters. The van der Waals surface area contributed by atoms with Crippen molar-refractivity contribution in [1.82, 2.24) is 19.1 Å². The fraction of sp³-hybridized carbons (Fsp3) is 0.545. The minimum absolute atomic E-state index is 0.466. The lowest BCUT2D eigenvalue weighted by atomic mass is 10.3. The largest absolute Gasteiger partial charge is 0.345 e. The van der Waals surface area contributed by atoms with Crippen molar-refractivity contribution in [3.8, 4) is 0 Å². The lowest BCUT2D eigenvalue weighted by molar-refractivity contribution is 0.494. The summed E-state index contributed by atoms with van der Waals surface area (Å²) in [6.45, 7) is 6.03. The molecular formula is C11H15N5S. The van der Waals surface area contributed by atoms with Gasteiger partial charge in [0, 0.05) is 30.8 Å². The monoisotopic (exact) mass is 249 g/mol. The number of hydrogen-bond acceptors (Lipinski definition) is 5. The predicted molar refractivity (Wildman–Crippen MR) is 67.5 cm³/mol. The minimum atomic E-state index is 0.466. The molecular weight excluding hydrogens is 234 g/mol. The molecule has 1 aliphatic heterocycles. The van der Waals surface area contributed by atoms with Crippen LogP contribution in [0.25, 0.3) is 0 Å². The molecule has 0 bridgehead atoms. The lowest BCUT2D eigenvalue weighted by Gasteiger charge is -2.14. The van der Waals surface area contributed by atoms with Gasteiger partial charge in [-0.3, -0.25) is 4.68 Å². The van der Waals surface area contributed by atoms with Gasteiger partial charge < -0.3 is 4.90 Å². The quantitative estimate of drug-likeness (QED) is 0.814. The normalized spacial score (nSPS) is 20.1. The first kappa shape index (κ1) is 10.7. The van der Waals surface area contributed by atoms with Crippen molar-refractivity contribution in [2.45, 2.75) is 26.3 Å². The molecule has 6 heteroatoms. The Balaban J connectivity index is 1.73. The Labute approximate surface area is 104 Å². The van der Waals surface area contributed by atoms with Gasteiger partial charge in [-0.2, -0.15) is 9.47 Å². The number of aromatic nitrogens is 4. The molecule has 0 radical (unpaired) electrons. The zero-order valence-corrected chi connectivity index (χ0v) is 10.8. The van der Waals surface area contributed by atoms with Crippen LogP contribution in [0, 0.1) is 13.8 Å². The van der Waals surface area contributed by atoms with Crippen molar-refractivity contribution in [3.05, 3.63) is 23.8 Å². The maximum absolute atomic E-state index is 4.43. The summed E-state index contributed by atoms with van der Waals surface area (Å²) in [7, 11) is 0. The Morgan fingerprint density at radius 2 is 2.29 bits per heavy atom. The Morgan fingerprint density at radius 3 is 2.94 bits per heavy atom. The van der Waals surface area contributed by atoms with E-state index in [2.05, 4.69) is 37.2 Å². The summed E-state index contributed by atoms with van der Waals surface area (Å²) in [4.78, 5) is 6.73. The van der Waals surface area contributed by atoms with E-state index in [1.807, 2.05) is 13.1 Å². The van der Waals surface area contributed by atoms with Gasteiger partial charge in [0.2, 0.25) is 5.13 Å². The minimum Gasteiger partial charge on any atom is -0.345 e. The molecule has 0 aliphatic carbocycles. The second kappa shape index (κ2) is 4.10. The molecule has 0 amide bonds. The molecule has 1 aliphatic rings. The Hall–Kier alpha value is -1.43. The van der Waals surface area contributed by atoms with Crippen molar-refractivity contribution in [2.24, 2.45) is 0 Å². The van der Waals surface area contributed by atoms with Crippen LogP contribution >= 0.6 is 11.5 Å². The molecule has 2 aromatic heterocycles. The maximum Gasteiger partial charge on any atom is 0.205 e. The number of aryl methyl sites for hydroxylation is 2. The van der Waals surface area contributed by atoms with Crippen LogP contribution < -0.4 is 4.90 Å². The molecule has 17 heavy (non-hydrogen) atoms. The SMILES string of the molecule is Cc1cnn(C2CCN(c3nc(C)ns3)C2)c1. The molecule has 2 aromatic rings. The predicted octanol–water partition coefficient (Wildman–Crippen LogP) is 1.80. The highest BCUT2D eigenvalue weighted by molar-refractivity contribution is 7.09. The van der Waals surface area contributed by atoms with E-state index in [1.165, 1.54) is 17.1 Å². The first-order valence-corrected chi connectivity index (χ1v) is 6.56. The summed E-state index contributed by atoms with van der Waals surface area (Å²) in [5.74, 6) is 0.864. The topological polar surface area (TPSA) is 46.8 Å². The van der Waals surface area contributed by atoms with Gasteiger partial charge in [0.15, 0.2) is 0 Å². The van der Waals surface area contributed by atoms with Crippen LogP contribution in [0.4, 0.5) is 5.13 Å². The van der Waals surface area contributed by atoms with Gasteiger partial charge in [-0.15, -0.1) is 0 Å². The standard InChI is InChI=1S/C11H15N5S/c1-8-5-12-16(6-8)10-3-4-15(7-10)11-13-9(2)14-17-11/h5-6,10H,3-4,7H2,1-2H3. The smallest absolute Gasteiger partial charge is 0.205 e. The summed E-state index contributed by atoms with van der Waals surface area (Å²) in [5, 5.41) is 5.42. The number of rotatable bonds is 2. The van der Waals surface area contributed by atoms with Gasteiger partial charge in [-0.1, -0.05) is 0 Å². The molecule has 0 aromatic carbocycles. The Morgan fingerprint density at radius 1 is 1.41 bits per heavy atom. The molecule has 5 nitrogen and oxygen atoms in total. The van der Waals surface area contributed by atoms with Crippen molar-refractivity contribution in [3.63, 3.8) is 0 Å². The number of anilines is 1. The van der Waals surface area contributed by atoms with Gasteiger partial charge >= 0.3 is 0 Å². The van der Waals surface area contributed by atoms with E-state index in [0.717, 1.165) is 30.5 Å². The second-order valence-corrected chi connectivity index (χ2v) is 5.24. The summed E-state index contributed by atoms with van der Waals surface area (Å²) < 4.78 is 6.30. The van der Waals surface area contributed by atoms with Gasteiger partial charge in [0.25, 0.3) is 0 Å². The van der Waals surface area contributed by atoms with Crippen LogP contribution in [0.15, 0.2) is 12.4 Å². The summed E-state index contributed by atoms with van der Waals surface area (Å²) in [6.07, 6.45) is 5.15. The fourth-order valence-electron chi connectivity index (χ4n) is 2.18. The third-order valence-electron chi connectivity index (χ3n) is 3.06. The van der Waals surface area contributed by atoms with Crippen LogP contribution in [0.2, 0.25) is 0 Å². The Kier molecular flexibility index (Phi) is 2.58. The molecule has 1 unspecified atom stereocenters. The van der Waals surface area contributed by atoms with Crippen LogP contribution in [-0.2, 0) is 0 Å². The first-order valence-electron chi connectivity index (χ1n) is 5.78. The maximum atomic E-state index is 4.43. The van der Waals surface area contributed by atoms with Gasteiger partial charge in [-0.05, 0) is 25.8 Å². The van der Waals surface area contributed by atoms with Gasteiger partial charge in [0.1, 0.15) is 5.82 Å². The van der Waals surface area contributed by atoms with Crippen LogP contribution in [0.3, 0.4) is 0 Å². The highest BCUT2D eigenvalue weighted by Crippen LogP contribution is 2.27. The van der Waals surface area contributed by atoms with Crippen LogP contribution in [-0.4, -0.2) is 32.2 Å². The van der Waals surface area contributed by atoms with E-state index in [9.17, 15) is 0 Å². The first-order chi connectivity index (χ1) is 8.22. The van der Waals surface area contributed by atoms with Crippen molar-refractivity contribution < 1.29 is 0 Å². The van der Waals surface area contributed by atoms with E-state index in [0.29, 0.717) is 6.04 Å². The third-order valence-corrected chi connectivity index (χ3v) is 3.92. The van der Waals surface area contributed by atoms with Gasteiger partial charge in [0.05, 0.1) is 12.2 Å². The Bertz CT molecular complexity index is 471. The molecule has 3 heterocycles. The van der Waals surface area contributed by atoms with E-state index < -0.39 is 0 Å². The number of hydrogen-bond donors (Lipinski definition) is 0. The molecule has 0 N–H and O–H groups in total. The zero-order valence-electron chi connectivity index (χ0n) is 10.00. The average molecular weight is 249 g/mol. The fourth-order valence-corrected chi connectivity index (χ4v) is 2.89. The van der Waals surface area contributed by atoms with E-state index >= 15 is 0 Å². The molecule has 90 valence electrons. The van der Waals surface area contributed by atoms with Gasteiger partial charge in [-0.25, -0.2) is 4.98 Å². The summed E-state index contributed by atoms with van der Waals surface area (Å²) >= 11 is 1.48. The average Bonchev–Trinajstić information content (AvgIpc) is 2.96.